The molecule has 0 heterocycles. The van der Waals surface area contributed by atoms with Crippen molar-refractivity contribution in [2.75, 3.05) is 0 Å². The molecule has 8 N–H and O–H groups in total. The Hall–Kier alpha value is -0.380. The van der Waals surface area contributed by atoms with Crippen LogP contribution in [0.25, 0.3) is 0 Å². The van der Waals surface area contributed by atoms with Crippen LogP contribution in [-0.4, -0.2) is 35.0 Å². The molecule has 0 spiro atoms. The van der Waals surface area contributed by atoms with E-state index in [2.05, 4.69) is 16.7 Å². The van der Waals surface area contributed by atoms with Crippen LogP contribution in [-0.2, 0) is 25.7 Å². The normalized spacial score (nSPS) is 10.3. The second-order valence-electron chi connectivity index (χ2n) is 1.03. The highest BCUT2D eigenvalue weighted by Gasteiger charge is 1.85. The van der Waals surface area contributed by atoms with Crippen molar-refractivity contribution < 1.29 is 40.0 Å². The van der Waals surface area contributed by atoms with Gasteiger partial charge in [-0.1, -0.05) is 0 Å². The minimum absolute atomic E-state index is 3.25. The van der Waals surface area contributed by atoms with E-state index in [1.54, 1.807) is 0 Å². The van der Waals surface area contributed by atoms with Gasteiger partial charge in [0.1, 0.15) is 0 Å². The van der Waals surface area contributed by atoms with Crippen LogP contribution >= 0.6 is 0 Å². The molecule has 13 heavy (non-hydrogen) atoms. The van der Waals surface area contributed by atoms with Gasteiger partial charge < -0.3 is 0 Å². The monoisotopic (exact) mass is 244 g/mol. The van der Waals surface area contributed by atoms with Crippen molar-refractivity contribution in [3.05, 3.63) is 0 Å². The van der Waals surface area contributed by atoms with Gasteiger partial charge >= 0.3 is 20.8 Å². The second-order valence-corrected chi connectivity index (χ2v) is 2.82. The first-order chi connectivity index (χ1) is 5.41. The predicted molar refractivity (Wildman–Crippen MR) is 37.8 cm³/mol. The smallest absolute Gasteiger partial charge is 0.264 e. The lowest BCUT2D eigenvalue weighted by molar-refractivity contribution is 0.142. The molecule has 13 heteroatoms. The lowest BCUT2D eigenvalue weighted by atomic mass is 13.3. The molecule has 0 saturated carbocycles. The van der Waals surface area contributed by atoms with Crippen LogP contribution in [0.3, 0.4) is 0 Å². The van der Waals surface area contributed by atoms with Crippen molar-refractivity contribution in [2.24, 2.45) is 11.8 Å². The first kappa shape index (κ1) is 18.4. The van der Waals surface area contributed by atoms with Gasteiger partial charge in [0.2, 0.25) is 0 Å². The third-order valence-electron chi connectivity index (χ3n) is 0. The minimum Gasteiger partial charge on any atom is -0.264 e. The quantitative estimate of drug-likeness (QED) is 0.192. The van der Waals surface area contributed by atoms with E-state index in [4.69, 9.17) is 35.0 Å². The van der Waals surface area contributed by atoms with Gasteiger partial charge in [0.05, 0.1) is 0 Å². The zero-order valence-electron chi connectivity index (χ0n) is 5.80. The SMILES string of the molecule is NON.O=S(=O)(O)O.O=S(=O)(O)O. The molecule has 0 aromatic carbocycles. The lowest BCUT2D eigenvalue weighted by Crippen LogP contribution is -2.03. The predicted octanol–water partition coefficient (Wildman–Crippen LogP) is -2.56. The fourth-order valence-electron chi connectivity index (χ4n) is 0. The van der Waals surface area contributed by atoms with Crippen molar-refractivity contribution in [1.29, 1.82) is 0 Å². The Balaban J connectivity index is -0.000000120. The van der Waals surface area contributed by atoms with Gasteiger partial charge in [0.15, 0.2) is 0 Å². The van der Waals surface area contributed by atoms with E-state index in [9.17, 15) is 0 Å². The summed E-state index contributed by atoms with van der Waals surface area (Å²) in [7, 11) is -9.33. The summed E-state index contributed by atoms with van der Waals surface area (Å²) >= 11 is 0. The molecule has 0 aromatic heterocycles. The molecule has 0 aliphatic rings. The van der Waals surface area contributed by atoms with Crippen LogP contribution in [0.4, 0.5) is 0 Å². The zero-order chi connectivity index (χ0) is 11.7. The molecular weight excluding hydrogens is 236 g/mol. The summed E-state index contributed by atoms with van der Waals surface area (Å²) in [6.45, 7) is 0. The van der Waals surface area contributed by atoms with Crippen LogP contribution < -0.4 is 11.8 Å². The number of hydrogen-bond acceptors (Lipinski definition) is 7. The van der Waals surface area contributed by atoms with Crippen molar-refractivity contribution in [3.63, 3.8) is 0 Å². The van der Waals surface area contributed by atoms with E-state index < -0.39 is 20.8 Å². The molecule has 0 aromatic rings. The fourth-order valence-corrected chi connectivity index (χ4v) is 0. The molecule has 0 bridgehead atoms. The second kappa shape index (κ2) is 8.23. The maximum absolute atomic E-state index is 8.74. The summed E-state index contributed by atoms with van der Waals surface area (Å²) in [5, 5.41) is 0. The summed E-state index contributed by atoms with van der Waals surface area (Å²) in [6.07, 6.45) is 0. The number of nitrogens with two attached hydrogens (primary N) is 2. The summed E-state index contributed by atoms with van der Waals surface area (Å²) in [5.74, 6) is 8.25. The highest BCUT2D eigenvalue weighted by atomic mass is 32.3. The van der Waals surface area contributed by atoms with E-state index in [1.165, 1.54) is 0 Å². The van der Waals surface area contributed by atoms with Gasteiger partial charge in [-0.3, -0.25) is 18.2 Å². The Labute approximate surface area is 73.4 Å². The topological polar surface area (TPSA) is 210 Å². The third-order valence-corrected chi connectivity index (χ3v) is 0. The number of rotatable bonds is 0. The molecule has 0 rings (SSSR count). The Kier molecular flexibility index (Phi) is 11.7. The average Bonchev–Trinajstić information content (AvgIpc) is 1.52. The summed E-state index contributed by atoms with van der Waals surface area (Å²) in [5.41, 5.74) is 0. The molecule has 11 nitrogen and oxygen atoms in total. The molecule has 0 saturated heterocycles. The fraction of sp³-hybridized carbons (Fsp3) is 0. The van der Waals surface area contributed by atoms with Gasteiger partial charge in [-0.25, -0.2) is 4.94 Å². The van der Waals surface area contributed by atoms with Gasteiger partial charge in [-0.05, 0) is 0 Å². The number of hydrogen-bond donors (Lipinski definition) is 6. The van der Waals surface area contributed by atoms with E-state index in [-0.39, 0.29) is 0 Å². The highest BCUT2D eigenvalue weighted by molar-refractivity contribution is 7.80. The van der Waals surface area contributed by atoms with Crippen LogP contribution in [0.5, 0.6) is 0 Å². The molecular formula is H8N2O9S2. The van der Waals surface area contributed by atoms with Gasteiger partial charge in [-0.15, -0.1) is 0 Å². The zero-order valence-corrected chi connectivity index (χ0v) is 7.43. The van der Waals surface area contributed by atoms with Gasteiger partial charge in [0, 0.05) is 0 Å². The average molecular weight is 244 g/mol. The van der Waals surface area contributed by atoms with Crippen molar-refractivity contribution in [1.82, 2.24) is 0 Å². The molecule has 0 radical (unpaired) electrons. The lowest BCUT2D eigenvalue weighted by Gasteiger charge is -1.68. The van der Waals surface area contributed by atoms with Crippen LogP contribution in [0.2, 0.25) is 0 Å². The van der Waals surface area contributed by atoms with Crippen molar-refractivity contribution >= 4 is 20.8 Å². The van der Waals surface area contributed by atoms with Gasteiger partial charge in [-0.2, -0.15) is 28.6 Å². The van der Waals surface area contributed by atoms with Crippen molar-refractivity contribution in [2.45, 2.75) is 0 Å². The van der Waals surface area contributed by atoms with E-state index >= 15 is 0 Å². The Morgan fingerprint density at radius 2 is 0.769 bits per heavy atom. The third kappa shape index (κ3) is 7450. The Bertz CT molecular complexity index is 225. The van der Waals surface area contributed by atoms with Crippen LogP contribution in [0, 0.1) is 0 Å². The first-order valence-electron chi connectivity index (χ1n) is 1.87. The van der Waals surface area contributed by atoms with Crippen LogP contribution in [0.15, 0.2) is 0 Å². The molecule has 0 atom stereocenters. The molecule has 0 aliphatic heterocycles. The summed E-state index contributed by atoms with van der Waals surface area (Å²) in [6, 6.07) is 0. The maximum Gasteiger partial charge on any atom is 0.394 e. The van der Waals surface area contributed by atoms with Crippen molar-refractivity contribution in [3.8, 4) is 0 Å². The molecule has 0 aliphatic carbocycles. The van der Waals surface area contributed by atoms with E-state index in [0.717, 1.165) is 0 Å². The Morgan fingerprint density at radius 3 is 0.769 bits per heavy atom. The largest absolute Gasteiger partial charge is 0.394 e. The summed E-state index contributed by atoms with van der Waals surface area (Å²) in [4.78, 5) is 3.25. The van der Waals surface area contributed by atoms with Crippen LogP contribution in [0.1, 0.15) is 0 Å². The van der Waals surface area contributed by atoms with E-state index in [1.807, 2.05) is 0 Å². The highest BCUT2D eigenvalue weighted by Crippen LogP contribution is 1.59. The molecule has 0 unspecified atom stereocenters. The molecule has 0 fully saturated rings. The standard InChI is InChI=1S/H4N2O.2H2O4S/c1-3-2;2*1-5(2,3)4/h1-2H2;2*(H2,1,2,3,4). The van der Waals surface area contributed by atoms with E-state index in [0.29, 0.717) is 0 Å². The van der Waals surface area contributed by atoms with Gasteiger partial charge in [0.25, 0.3) is 0 Å². The molecule has 84 valence electrons. The maximum atomic E-state index is 8.74. The molecule has 0 amide bonds. The first-order valence-corrected chi connectivity index (χ1v) is 4.66. The minimum atomic E-state index is -4.67. The summed E-state index contributed by atoms with van der Waals surface area (Å²) < 4.78 is 63.2. The Morgan fingerprint density at radius 1 is 0.769 bits per heavy atom.